The molecule has 1 aromatic carbocycles. The van der Waals surface area contributed by atoms with Gasteiger partial charge in [0.25, 0.3) is 0 Å². The normalized spacial score (nSPS) is 10.7. The first kappa shape index (κ1) is 15.2. The Morgan fingerprint density at radius 3 is 2.81 bits per heavy atom. The summed E-state index contributed by atoms with van der Waals surface area (Å²) in [5.41, 5.74) is 1.14. The molecule has 112 valence electrons. The van der Waals surface area contributed by atoms with Crippen LogP contribution in [0.25, 0.3) is 0 Å². The maximum atomic E-state index is 10.8. The van der Waals surface area contributed by atoms with Gasteiger partial charge >= 0.3 is 5.97 Å². The molecule has 2 rings (SSSR count). The lowest BCUT2D eigenvalue weighted by atomic mass is 10.2. The molecule has 6 heteroatoms. The highest BCUT2D eigenvalue weighted by Gasteiger charge is 2.10. The van der Waals surface area contributed by atoms with Crippen LogP contribution in [0.4, 0.5) is 0 Å². The first-order valence-electron chi connectivity index (χ1n) is 6.89. The summed E-state index contributed by atoms with van der Waals surface area (Å²) in [5.74, 6) is 0.371. The lowest BCUT2D eigenvalue weighted by Crippen LogP contribution is -2.14. The molecular weight excluding hydrogens is 270 g/mol. The molecule has 0 fully saturated rings. The summed E-state index contributed by atoms with van der Waals surface area (Å²) in [5, 5.41) is 12.9. The van der Waals surface area contributed by atoms with E-state index in [-0.39, 0.29) is 6.54 Å². The van der Waals surface area contributed by atoms with Crippen LogP contribution in [0.15, 0.2) is 30.3 Å². The highest BCUT2D eigenvalue weighted by molar-refractivity contribution is 5.66. The number of aliphatic carboxylic acids is 1. The molecule has 21 heavy (non-hydrogen) atoms. The molecule has 1 aromatic heterocycles. The molecule has 0 saturated heterocycles. The van der Waals surface area contributed by atoms with Crippen molar-refractivity contribution in [3.05, 3.63) is 47.5 Å². The van der Waals surface area contributed by atoms with E-state index in [4.69, 9.17) is 9.84 Å². The molecule has 0 radical (unpaired) electrons. The Balaban J connectivity index is 1.74. The molecule has 0 atom stereocenters. The van der Waals surface area contributed by atoms with Crippen LogP contribution in [0.2, 0.25) is 0 Å². The summed E-state index contributed by atoms with van der Waals surface area (Å²) in [6.07, 6.45) is 1.44. The van der Waals surface area contributed by atoms with Crippen LogP contribution in [0.1, 0.15) is 23.6 Å². The van der Waals surface area contributed by atoms with Crippen molar-refractivity contribution in [1.29, 1.82) is 0 Å². The van der Waals surface area contributed by atoms with Crippen molar-refractivity contribution < 1.29 is 14.6 Å². The van der Waals surface area contributed by atoms with Gasteiger partial charge in [-0.1, -0.05) is 30.3 Å². The maximum absolute atomic E-state index is 10.8. The molecule has 2 aromatic rings. The standard InChI is InChI=1S/C15H19N3O3/c1-12-16-14(18(17-12)10-15(19)20)8-5-9-21-11-13-6-3-2-4-7-13/h2-4,6-7H,5,8-11H2,1H3,(H,19,20). The first-order chi connectivity index (χ1) is 10.1. The van der Waals surface area contributed by atoms with Gasteiger partial charge in [-0.05, 0) is 18.9 Å². The average Bonchev–Trinajstić information content (AvgIpc) is 2.79. The fourth-order valence-electron chi connectivity index (χ4n) is 2.04. The fraction of sp³-hybridized carbons (Fsp3) is 0.400. The van der Waals surface area contributed by atoms with Gasteiger partial charge in [-0.3, -0.25) is 4.79 Å². The smallest absolute Gasteiger partial charge is 0.325 e. The molecule has 6 nitrogen and oxygen atoms in total. The van der Waals surface area contributed by atoms with E-state index in [1.54, 1.807) is 6.92 Å². The topological polar surface area (TPSA) is 77.2 Å². The van der Waals surface area contributed by atoms with Crippen molar-refractivity contribution in [3.8, 4) is 0 Å². The number of aryl methyl sites for hydroxylation is 2. The molecule has 0 aliphatic rings. The van der Waals surface area contributed by atoms with Crippen molar-refractivity contribution in [2.75, 3.05) is 6.61 Å². The number of hydrogen-bond donors (Lipinski definition) is 1. The molecule has 0 spiro atoms. The molecule has 1 N–H and O–H groups in total. The number of carboxylic acids is 1. The Bertz CT molecular complexity index is 581. The zero-order chi connectivity index (χ0) is 15.1. The fourth-order valence-corrected chi connectivity index (χ4v) is 2.04. The lowest BCUT2D eigenvalue weighted by molar-refractivity contribution is -0.137. The van der Waals surface area contributed by atoms with E-state index in [0.29, 0.717) is 31.3 Å². The van der Waals surface area contributed by atoms with Gasteiger partial charge in [0.05, 0.1) is 6.61 Å². The number of rotatable bonds is 8. The number of carboxylic acid groups (broad SMARTS) is 1. The van der Waals surface area contributed by atoms with E-state index in [1.807, 2.05) is 30.3 Å². The molecule has 0 amide bonds. The van der Waals surface area contributed by atoms with Crippen molar-refractivity contribution in [2.45, 2.75) is 32.9 Å². The highest BCUT2D eigenvalue weighted by atomic mass is 16.5. The van der Waals surface area contributed by atoms with Crippen molar-refractivity contribution in [1.82, 2.24) is 14.8 Å². The Hall–Kier alpha value is -2.21. The molecular formula is C15H19N3O3. The van der Waals surface area contributed by atoms with E-state index in [9.17, 15) is 4.79 Å². The van der Waals surface area contributed by atoms with E-state index < -0.39 is 5.97 Å². The predicted octanol–water partition coefficient (Wildman–Crippen LogP) is 1.82. The van der Waals surface area contributed by atoms with Crippen LogP contribution in [-0.4, -0.2) is 32.4 Å². The van der Waals surface area contributed by atoms with Gasteiger partial charge in [0.2, 0.25) is 0 Å². The van der Waals surface area contributed by atoms with Crippen molar-refractivity contribution in [3.63, 3.8) is 0 Å². The van der Waals surface area contributed by atoms with Crippen LogP contribution < -0.4 is 0 Å². The zero-order valence-corrected chi connectivity index (χ0v) is 12.0. The Morgan fingerprint density at radius 2 is 2.10 bits per heavy atom. The molecule has 0 unspecified atom stereocenters. The number of benzene rings is 1. The second kappa shape index (κ2) is 7.54. The summed E-state index contributed by atoms with van der Waals surface area (Å²) in [6, 6.07) is 9.98. The van der Waals surface area contributed by atoms with Crippen LogP contribution in [0, 0.1) is 6.92 Å². The molecule has 1 heterocycles. The van der Waals surface area contributed by atoms with Gasteiger partial charge in [0, 0.05) is 13.0 Å². The van der Waals surface area contributed by atoms with Gasteiger partial charge in [-0.2, -0.15) is 5.10 Å². The molecule has 0 saturated carbocycles. The third-order valence-corrected chi connectivity index (χ3v) is 2.94. The quantitative estimate of drug-likeness (QED) is 0.750. The molecule has 0 aliphatic carbocycles. The van der Waals surface area contributed by atoms with Gasteiger partial charge in [0.1, 0.15) is 18.2 Å². The first-order valence-corrected chi connectivity index (χ1v) is 6.89. The number of ether oxygens (including phenoxy) is 1. The van der Waals surface area contributed by atoms with Crippen LogP contribution >= 0.6 is 0 Å². The van der Waals surface area contributed by atoms with E-state index in [1.165, 1.54) is 4.68 Å². The maximum Gasteiger partial charge on any atom is 0.325 e. The summed E-state index contributed by atoms with van der Waals surface area (Å²) >= 11 is 0. The van der Waals surface area contributed by atoms with Gasteiger partial charge in [-0.25, -0.2) is 9.67 Å². The third-order valence-electron chi connectivity index (χ3n) is 2.94. The minimum atomic E-state index is -0.915. The number of nitrogens with zero attached hydrogens (tertiary/aromatic N) is 3. The lowest BCUT2D eigenvalue weighted by Gasteiger charge is -2.05. The SMILES string of the molecule is Cc1nc(CCCOCc2ccccc2)n(CC(=O)O)n1. The largest absolute Gasteiger partial charge is 0.480 e. The van der Waals surface area contributed by atoms with Gasteiger partial charge in [-0.15, -0.1) is 0 Å². The summed E-state index contributed by atoms with van der Waals surface area (Å²) < 4.78 is 7.03. The van der Waals surface area contributed by atoms with Crippen LogP contribution in [-0.2, 0) is 29.1 Å². The van der Waals surface area contributed by atoms with Crippen LogP contribution in [0.5, 0.6) is 0 Å². The minimum Gasteiger partial charge on any atom is -0.480 e. The van der Waals surface area contributed by atoms with E-state index in [2.05, 4.69) is 10.1 Å². The van der Waals surface area contributed by atoms with E-state index >= 15 is 0 Å². The number of aromatic nitrogens is 3. The van der Waals surface area contributed by atoms with Gasteiger partial charge < -0.3 is 9.84 Å². The summed E-state index contributed by atoms with van der Waals surface area (Å²) in [6.45, 7) is 2.80. The highest BCUT2D eigenvalue weighted by Crippen LogP contribution is 2.04. The minimum absolute atomic E-state index is 0.152. The Morgan fingerprint density at radius 1 is 1.33 bits per heavy atom. The zero-order valence-electron chi connectivity index (χ0n) is 12.0. The number of carbonyl (C=O) groups is 1. The number of hydrogen-bond acceptors (Lipinski definition) is 4. The Labute approximate surface area is 123 Å². The average molecular weight is 289 g/mol. The monoisotopic (exact) mass is 289 g/mol. The second-order valence-corrected chi connectivity index (χ2v) is 4.77. The van der Waals surface area contributed by atoms with Crippen LogP contribution in [0.3, 0.4) is 0 Å². The summed E-state index contributed by atoms with van der Waals surface area (Å²) in [4.78, 5) is 15.0. The molecule has 0 bridgehead atoms. The predicted molar refractivity (Wildman–Crippen MR) is 76.8 cm³/mol. The Kier molecular flexibility index (Phi) is 5.45. The van der Waals surface area contributed by atoms with E-state index in [0.717, 1.165) is 12.0 Å². The van der Waals surface area contributed by atoms with Crippen molar-refractivity contribution >= 4 is 5.97 Å². The third kappa shape index (κ3) is 5.00. The van der Waals surface area contributed by atoms with Crippen molar-refractivity contribution in [2.24, 2.45) is 0 Å². The molecule has 0 aliphatic heterocycles. The second-order valence-electron chi connectivity index (χ2n) is 4.77. The summed E-state index contributed by atoms with van der Waals surface area (Å²) in [7, 11) is 0. The van der Waals surface area contributed by atoms with Gasteiger partial charge in [0.15, 0.2) is 0 Å².